The lowest BCUT2D eigenvalue weighted by atomic mass is 9.93. The van der Waals surface area contributed by atoms with Crippen LogP contribution in [0.25, 0.3) is 0 Å². The molecule has 0 fully saturated rings. The summed E-state index contributed by atoms with van der Waals surface area (Å²) in [6, 6.07) is 1.93. The van der Waals surface area contributed by atoms with Crippen LogP contribution in [0.5, 0.6) is 0 Å². The van der Waals surface area contributed by atoms with Gasteiger partial charge >= 0.3 is 0 Å². The highest BCUT2D eigenvalue weighted by molar-refractivity contribution is 5.90. The molecule has 2 aromatic heterocycles. The smallest absolute Gasteiger partial charge is 0.289 e. The Morgan fingerprint density at radius 3 is 3.35 bits per heavy atom. The lowest BCUT2D eigenvalue weighted by molar-refractivity contribution is 0.0922. The Balaban J connectivity index is 1.77. The molecule has 1 unspecified atom stereocenters. The van der Waals surface area contributed by atoms with Crippen molar-refractivity contribution in [2.75, 3.05) is 0 Å². The third-order valence-electron chi connectivity index (χ3n) is 2.99. The topological polar surface area (TPSA) is 83.8 Å². The summed E-state index contributed by atoms with van der Waals surface area (Å²) in [5.74, 6) is 0.973. The Bertz CT molecular complexity index is 517. The Labute approximate surface area is 97.4 Å². The first-order valence-electron chi connectivity index (χ1n) is 5.57. The summed E-state index contributed by atoms with van der Waals surface area (Å²) in [7, 11) is 0. The van der Waals surface area contributed by atoms with Crippen molar-refractivity contribution in [3.63, 3.8) is 0 Å². The first-order valence-corrected chi connectivity index (χ1v) is 5.57. The number of amides is 1. The molecule has 6 nitrogen and oxygen atoms in total. The maximum absolute atomic E-state index is 11.8. The molecule has 0 spiro atoms. The molecule has 0 radical (unpaired) electrons. The van der Waals surface area contributed by atoms with Crippen LogP contribution in [0.3, 0.4) is 0 Å². The molecule has 0 aliphatic heterocycles. The molecule has 2 aromatic rings. The third-order valence-corrected chi connectivity index (χ3v) is 2.99. The van der Waals surface area contributed by atoms with Crippen molar-refractivity contribution in [2.45, 2.75) is 25.3 Å². The zero-order valence-corrected chi connectivity index (χ0v) is 9.14. The molecule has 0 saturated heterocycles. The molecule has 0 bridgehead atoms. The first kappa shape index (κ1) is 10.1. The van der Waals surface area contributed by atoms with Gasteiger partial charge in [0.25, 0.3) is 5.91 Å². The van der Waals surface area contributed by atoms with Crippen LogP contribution in [-0.2, 0) is 6.42 Å². The second-order valence-electron chi connectivity index (χ2n) is 4.05. The number of nitrogens with zero attached hydrogens (tertiary/aromatic N) is 2. The van der Waals surface area contributed by atoms with Crippen LogP contribution in [0.15, 0.2) is 23.1 Å². The SMILES string of the molecule is O=C(NC1CCCc2occc21)c1ncn[nH]1. The number of aromatic amines is 1. The zero-order chi connectivity index (χ0) is 11.7. The number of hydrogen-bond donors (Lipinski definition) is 2. The van der Waals surface area contributed by atoms with E-state index in [1.54, 1.807) is 6.26 Å². The van der Waals surface area contributed by atoms with Crippen molar-refractivity contribution in [3.05, 3.63) is 35.8 Å². The summed E-state index contributed by atoms with van der Waals surface area (Å²) in [4.78, 5) is 15.7. The van der Waals surface area contributed by atoms with Crippen molar-refractivity contribution in [3.8, 4) is 0 Å². The van der Waals surface area contributed by atoms with Gasteiger partial charge in [0.1, 0.15) is 12.1 Å². The monoisotopic (exact) mass is 232 g/mol. The van der Waals surface area contributed by atoms with Crippen molar-refractivity contribution < 1.29 is 9.21 Å². The fourth-order valence-corrected chi connectivity index (χ4v) is 2.18. The van der Waals surface area contributed by atoms with Crippen molar-refractivity contribution in [2.24, 2.45) is 0 Å². The van der Waals surface area contributed by atoms with E-state index in [1.165, 1.54) is 6.33 Å². The van der Waals surface area contributed by atoms with Crippen molar-refractivity contribution >= 4 is 5.91 Å². The minimum Gasteiger partial charge on any atom is -0.469 e. The van der Waals surface area contributed by atoms with E-state index < -0.39 is 0 Å². The predicted octanol–water partition coefficient (Wildman–Crippen LogP) is 1.21. The number of carbonyl (C=O) groups is 1. The van der Waals surface area contributed by atoms with Crippen LogP contribution in [-0.4, -0.2) is 21.1 Å². The van der Waals surface area contributed by atoms with Gasteiger partial charge in [0.2, 0.25) is 5.82 Å². The minimum absolute atomic E-state index is 0.00935. The fraction of sp³-hybridized carbons (Fsp3) is 0.364. The molecule has 1 amide bonds. The highest BCUT2D eigenvalue weighted by Gasteiger charge is 2.24. The number of H-pyrrole nitrogens is 1. The molecule has 1 atom stereocenters. The molecular weight excluding hydrogens is 220 g/mol. The Kier molecular flexibility index (Phi) is 2.40. The van der Waals surface area contributed by atoms with E-state index in [0.29, 0.717) is 0 Å². The molecule has 88 valence electrons. The normalized spacial score (nSPS) is 18.7. The second-order valence-corrected chi connectivity index (χ2v) is 4.05. The first-order chi connectivity index (χ1) is 8.34. The average Bonchev–Trinajstić information content (AvgIpc) is 3.00. The lowest BCUT2D eigenvalue weighted by Gasteiger charge is -2.22. The minimum atomic E-state index is -0.235. The maximum Gasteiger partial charge on any atom is 0.289 e. The molecule has 2 heterocycles. The van der Waals surface area contributed by atoms with Crippen LogP contribution in [0.2, 0.25) is 0 Å². The van der Waals surface area contributed by atoms with E-state index in [-0.39, 0.29) is 17.8 Å². The quantitative estimate of drug-likeness (QED) is 0.815. The molecule has 6 heteroatoms. The molecule has 1 aliphatic rings. The van der Waals surface area contributed by atoms with Crippen LogP contribution < -0.4 is 5.32 Å². The fourth-order valence-electron chi connectivity index (χ4n) is 2.18. The summed E-state index contributed by atoms with van der Waals surface area (Å²) in [5.41, 5.74) is 1.07. The molecule has 2 N–H and O–H groups in total. The van der Waals surface area contributed by atoms with E-state index in [1.807, 2.05) is 6.07 Å². The molecule has 0 saturated carbocycles. The summed E-state index contributed by atoms with van der Waals surface area (Å²) in [6.45, 7) is 0. The third kappa shape index (κ3) is 1.82. The number of furan rings is 1. The van der Waals surface area contributed by atoms with Crippen molar-refractivity contribution in [1.29, 1.82) is 0 Å². The van der Waals surface area contributed by atoms with Gasteiger partial charge in [0, 0.05) is 12.0 Å². The molecule has 0 aromatic carbocycles. The van der Waals surface area contributed by atoms with E-state index in [0.717, 1.165) is 30.6 Å². The number of nitrogens with one attached hydrogen (secondary N) is 2. The van der Waals surface area contributed by atoms with Gasteiger partial charge in [-0.05, 0) is 18.9 Å². The van der Waals surface area contributed by atoms with Crippen LogP contribution in [0.4, 0.5) is 0 Å². The highest BCUT2D eigenvalue weighted by Crippen LogP contribution is 2.30. The average molecular weight is 232 g/mol. The summed E-state index contributed by atoms with van der Waals surface area (Å²) >= 11 is 0. The van der Waals surface area contributed by atoms with Gasteiger partial charge in [-0.3, -0.25) is 9.89 Å². The molecular formula is C11H12N4O2. The van der Waals surface area contributed by atoms with Crippen LogP contribution in [0.1, 0.15) is 40.8 Å². The number of fused-ring (bicyclic) bond motifs is 1. The Morgan fingerprint density at radius 1 is 1.59 bits per heavy atom. The lowest BCUT2D eigenvalue weighted by Crippen LogP contribution is -2.31. The molecule has 1 aliphatic carbocycles. The predicted molar refractivity (Wildman–Crippen MR) is 58.2 cm³/mol. The molecule has 17 heavy (non-hydrogen) atoms. The number of hydrogen-bond acceptors (Lipinski definition) is 4. The standard InChI is InChI=1S/C11H12N4O2/c16-11(10-12-6-13-15-10)14-8-2-1-3-9-7(8)4-5-17-9/h4-6,8H,1-3H2,(H,14,16)(H,12,13,15). The zero-order valence-electron chi connectivity index (χ0n) is 9.14. The van der Waals surface area contributed by atoms with Gasteiger partial charge in [-0.15, -0.1) is 0 Å². The van der Waals surface area contributed by atoms with E-state index in [4.69, 9.17) is 4.42 Å². The van der Waals surface area contributed by atoms with Gasteiger partial charge < -0.3 is 9.73 Å². The Hall–Kier alpha value is -2.11. The number of carbonyl (C=O) groups excluding carboxylic acids is 1. The van der Waals surface area contributed by atoms with Gasteiger partial charge in [-0.1, -0.05) is 0 Å². The van der Waals surface area contributed by atoms with Gasteiger partial charge in [-0.25, -0.2) is 4.98 Å². The number of rotatable bonds is 2. The van der Waals surface area contributed by atoms with Crippen molar-refractivity contribution in [1.82, 2.24) is 20.5 Å². The summed E-state index contributed by atoms with van der Waals surface area (Å²) in [6.07, 6.45) is 5.87. The van der Waals surface area contributed by atoms with E-state index in [9.17, 15) is 4.79 Å². The highest BCUT2D eigenvalue weighted by atomic mass is 16.3. The summed E-state index contributed by atoms with van der Waals surface area (Å²) < 4.78 is 5.37. The second kappa shape index (κ2) is 4.04. The number of aryl methyl sites for hydroxylation is 1. The van der Waals surface area contributed by atoms with Crippen LogP contribution >= 0.6 is 0 Å². The summed E-state index contributed by atoms with van der Waals surface area (Å²) in [5, 5.41) is 9.13. The van der Waals surface area contributed by atoms with Gasteiger partial charge in [-0.2, -0.15) is 5.10 Å². The number of aromatic nitrogens is 3. The van der Waals surface area contributed by atoms with E-state index >= 15 is 0 Å². The Morgan fingerprint density at radius 2 is 2.53 bits per heavy atom. The van der Waals surface area contributed by atoms with Crippen LogP contribution in [0, 0.1) is 0 Å². The largest absolute Gasteiger partial charge is 0.469 e. The van der Waals surface area contributed by atoms with Gasteiger partial charge in [0.15, 0.2) is 0 Å². The maximum atomic E-state index is 11.8. The van der Waals surface area contributed by atoms with E-state index in [2.05, 4.69) is 20.5 Å². The van der Waals surface area contributed by atoms with Gasteiger partial charge in [0.05, 0.1) is 12.3 Å². The molecule has 3 rings (SSSR count).